The van der Waals surface area contributed by atoms with Gasteiger partial charge in [-0.2, -0.15) is 4.91 Å². The summed E-state index contributed by atoms with van der Waals surface area (Å²) in [5.41, 5.74) is 6.49. The quantitative estimate of drug-likeness (QED) is 0.0340. The molecule has 1 heterocycles. The van der Waals surface area contributed by atoms with Crippen LogP contribution in [0.3, 0.4) is 0 Å². The second-order valence-corrected chi connectivity index (χ2v) is 14.5. The zero-order valence-electron chi connectivity index (χ0n) is 30.8. The summed E-state index contributed by atoms with van der Waals surface area (Å²) in [4.78, 5) is 30.3. The van der Waals surface area contributed by atoms with Crippen LogP contribution in [0.1, 0.15) is 133 Å². The molecule has 0 saturated carbocycles. The summed E-state index contributed by atoms with van der Waals surface area (Å²) in [6.45, 7) is 18.5. The molecule has 46 heavy (non-hydrogen) atoms. The number of nitrogens with two attached hydrogens (primary N) is 1. The molecule has 1 fully saturated rings. The zero-order chi connectivity index (χ0) is 34.9. The van der Waals surface area contributed by atoms with E-state index in [2.05, 4.69) is 38.0 Å². The van der Waals surface area contributed by atoms with Gasteiger partial charge >= 0.3 is 0 Å². The number of aliphatic hydroxyl groups excluding tert-OH is 1. The standard InChI is InChI=1S/C36H69N3O7/c1-11-13-14-15-16-17-18-44-38-33(24(3)19-30(37)31(12-2)43-10)26(5)21-36(9,39-42)22-27(6)35(28(7)23-40)46-32-20-25(4)34(41)29(8)45-32/h23-32,34-35,41H,11-22,37H2,1-10H3/b38-33-/t24-,25?,26-,27?,28?,29?,30-,31?,32+,34-,35?,36+/m1/s1. The van der Waals surface area contributed by atoms with E-state index in [1.54, 1.807) is 7.11 Å². The first-order valence-corrected chi connectivity index (χ1v) is 18.0. The van der Waals surface area contributed by atoms with Gasteiger partial charge in [-0.1, -0.05) is 84.5 Å². The number of carbonyl (C=O) groups is 1. The molecule has 10 heteroatoms. The summed E-state index contributed by atoms with van der Waals surface area (Å²) >= 11 is 0. The van der Waals surface area contributed by atoms with Crippen LogP contribution in [-0.2, 0) is 23.8 Å². The van der Waals surface area contributed by atoms with Gasteiger partial charge in [0, 0.05) is 31.4 Å². The van der Waals surface area contributed by atoms with E-state index < -0.39 is 30.0 Å². The van der Waals surface area contributed by atoms with E-state index in [4.69, 9.17) is 24.8 Å². The third-order valence-corrected chi connectivity index (χ3v) is 9.90. The molecule has 1 aliphatic heterocycles. The highest BCUT2D eigenvalue weighted by Gasteiger charge is 2.40. The number of aldehydes is 1. The molecule has 12 atom stereocenters. The van der Waals surface area contributed by atoms with Gasteiger partial charge in [-0.3, -0.25) is 0 Å². The second-order valence-electron chi connectivity index (χ2n) is 14.5. The van der Waals surface area contributed by atoms with Crippen LogP contribution >= 0.6 is 0 Å². The number of carbonyl (C=O) groups excluding carboxylic acids is 1. The van der Waals surface area contributed by atoms with Crippen LogP contribution < -0.4 is 5.73 Å². The predicted molar refractivity (Wildman–Crippen MR) is 186 cm³/mol. The molecule has 3 N–H and O–H groups in total. The highest BCUT2D eigenvalue weighted by molar-refractivity contribution is 5.88. The molecule has 1 aliphatic rings. The first-order chi connectivity index (χ1) is 21.8. The molecular weight excluding hydrogens is 586 g/mol. The predicted octanol–water partition coefficient (Wildman–Crippen LogP) is 7.43. The summed E-state index contributed by atoms with van der Waals surface area (Å²) in [5, 5.41) is 18.6. The van der Waals surface area contributed by atoms with Gasteiger partial charge < -0.3 is 34.7 Å². The summed E-state index contributed by atoms with van der Waals surface area (Å²) < 4.78 is 17.9. The van der Waals surface area contributed by atoms with Gasteiger partial charge in [-0.15, -0.1) is 0 Å². The first kappa shape index (κ1) is 42.6. The Labute approximate surface area is 280 Å². The highest BCUT2D eigenvalue weighted by atomic mass is 16.7. The van der Waals surface area contributed by atoms with Crippen molar-refractivity contribution in [3.05, 3.63) is 4.91 Å². The smallest absolute Gasteiger partial charge is 0.158 e. The van der Waals surface area contributed by atoms with Crippen molar-refractivity contribution in [1.82, 2.24) is 0 Å². The van der Waals surface area contributed by atoms with Crippen LogP contribution in [0.25, 0.3) is 0 Å². The van der Waals surface area contributed by atoms with Crippen LogP contribution in [0, 0.1) is 34.5 Å². The molecule has 0 amide bonds. The first-order valence-electron chi connectivity index (χ1n) is 18.0. The van der Waals surface area contributed by atoms with Gasteiger partial charge in [0.1, 0.15) is 18.4 Å². The Kier molecular flexibility index (Phi) is 20.6. The number of ether oxygens (including phenoxy) is 3. The average molecular weight is 656 g/mol. The molecule has 0 aromatic rings. The lowest BCUT2D eigenvalue weighted by molar-refractivity contribution is -0.258. The number of unbranched alkanes of at least 4 members (excludes halogenated alkanes) is 5. The van der Waals surface area contributed by atoms with E-state index >= 15 is 0 Å². The summed E-state index contributed by atoms with van der Waals surface area (Å²) in [7, 11) is 1.69. The van der Waals surface area contributed by atoms with Crippen molar-refractivity contribution in [3.8, 4) is 0 Å². The number of nitroso groups, excluding NO2 is 1. The van der Waals surface area contributed by atoms with Crippen molar-refractivity contribution in [1.29, 1.82) is 0 Å². The molecule has 0 aromatic carbocycles. The fourth-order valence-electron chi connectivity index (χ4n) is 7.19. The maximum Gasteiger partial charge on any atom is 0.158 e. The Morgan fingerprint density at radius 3 is 2.28 bits per heavy atom. The SMILES string of the molecule is CCCCCCCCO/N=C(/[C@H](C)C[C@@H](N)C(CC)OC)[C@H](C)C[C@@](C)(CC(C)C(O[C@H]1CC(C)[C@@H](O)C(C)O1)C(C)C=O)N=O. The maximum atomic E-state index is 12.5. The van der Waals surface area contributed by atoms with Gasteiger partial charge in [-0.05, 0) is 70.1 Å². The Balaban J connectivity index is 3.08. The van der Waals surface area contributed by atoms with Crippen LogP contribution in [-0.4, -0.2) is 73.1 Å². The third kappa shape index (κ3) is 14.3. The zero-order valence-corrected chi connectivity index (χ0v) is 30.8. The number of nitrogens with zero attached hydrogens (tertiary/aromatic N) is 2. The van der Waals surface area contributed by atoms with E-state index in [9.17, 15) is 14.8 Å². The number of aliphatic hydroxyl groups is 1. The number of hydrogen-bond acceptors (Lipinski definition) is 10. The molecule has 270 valence electrons. The third-order valence-electron chi connectivity index (χ3n) is 9.90. The van der Waals surface area contributed by atoms with Gasteiger partial charge in [0.05, 0.1) is 30.1 Å². The average Bonchev–Trinajstić information content (AvgIpc) is 3.01. The Morgan fingerprint density at radius 1 is 1.07 bits per heavy atom. The van der Waals surface area contributed by atoms with Crippen molar-refractivity contribution in [3.63, 3.8) is 0 Å². The van der Waals surface area contributed by atoms with Gasteiger partial charge in [0.15, 0.2) is 6.29 Å². The Morgan fingerprint density at radius 2 is 1.72 bits per heavy atom. The van der Waals surface area contributed by atoms with Crippen molar-refractivity contribution < 1.29 is 28.9 Å². The summed E-state index contributed by atoms with van der Waals surface area (Å²) in [6.07, 6.45) is 8.81. The molecule has 0 radical (unpaired) electrons. The normalized spacial score (nSPS) is 26.7. The number of rotatable bonds is 25. The molecule has 1 rings (SSSR count). The Hall–Kier alpha value is -1.46. The van der Waals surface area contributed by atoms with Gasteiger partial charge in [0.2, 0.25) is 0 Å². The molecular formula is C36H69N3O7. The number of oxime groups is 1. The fraction of sp³-hybridized carbons (Fsp3) is 0.944. The molecule has 0 aliphatic carbocycles. The molecule has 0 aromatic heterocycles. The minimum atomic E-state index is -0.937. The van der Waals surface area contributed by atoms with Gasteiger partial charge in [-0.25, -0.2) is 0 Å². The van der Waals surface area contributed by atoms with Crippen molar-refractivity contribution >= 4 is 12.0 Å². The number of methoxy groups -OCH3 is 1. The lowest BCUT2D eigenvalue weighted by atomic mass is 9.76. The highest BCUT2D eigenvalue weighted by Crippen LogP contribution is 2.36. The van der Waals surface area contributed by atoms with Crippen molar-refractivity contribution in [2.24, 2.45) is 45.7 Å². The van der Waals surface area contributed by atoms with E-state index in [-0.39, 0.29) is 41.9 Å². The molecule has 0 bridgehead atoms. The van der Waals surface area contributed by atoms with E-state index in [0.717, 1.165) is 31.3 Å². The van der Waals surface area contributed by atoms with Crippen LogP contribution in [0.2, 0.25) is 0 Å². The minimum absolute atomic E-state index is 0.00610. The number of hydrogen-bond donors (Lipinski definition) is 2. The minimum Gasteiger partial charge on any atom is -0.396 e. The monoisotopic (exact) mass is 656 g/mol. The lowest BCUT2D eigenvalue weighted by Crippen LogP contribution is -2.46. The molecule has 1 saturated heterocycles. The van der Waals surface area contributed by atoms with Crippen molar-refractivity contribution in [2.75, 3.05) is 13.7 Å². The fourth-order valence-corrected chi connectivity index (χ4v) is 7.19. The van der Waals surface area contributed by atoms with Crippen LogP contribution in [0.5, 0.6) is 0 Å². The second kappa shape index (κ2) is 22.2. The van der Waals surface area contributed by atoms with Crippen molar-refractivity contribution in [2.45, 2.75) is 175 Å². The lowest BCUT2D eigenvalue weighted by Gasteiger charge is -2.40. The summed E-state index contributed by atoms with van der Waals surface area (Å²) in [5.74, 6) is -0.659. The Bertz CT molecular complexity index is 861. The molecule has 10 nitrogen and oxygen atoms in total. The largest absolute Gasteiger partial charge is 0.396 e. The summed E-state index contributed by atoms with van der Waals surface area (Å²) in [6, 6.07) is -0.159. The van der Waals surface area contributed by atoms with Crippen LogP contribution in [0.4, 0.5) is 0 Å². The molecule has 6 unspecified atom stereocenters. The van der Waals surface area contributed by atoms with E-state index in [1.165, 1.54) is 25.7 Å². The van der Waals surface area contributed by atoms with Crippen LogP contribution in [0.15, 0.2) is 10.3 Å². The topological polar surface area (TPSA) is 142 Å². The molecule has 0 spiro atoms. The maximum absolute atomic E-state index is 12.5. The van der Waals surface area contributed by atoms with E-state index in [0.29, 0.717) is 32.3 Å². The van der Waals surface area contributed by atoms with Gasteiger partial charge in [0.25, 0.3) is 0 Å². The van der Waals surface area contributed by atoms with E-state index in [1.807, 2.05) is 34.6 Å².